The van der Waals surface area contributed by atoms with E-state index in [1.165, 1.54) is 6.07 Å². The molecule has 0 unspecified atom stereocenters. The predicted octanol–water partition coefficient (Wildman–Crippen LogP) is 4.88. The largest absolute Gasteiger partial charge is 0.437 e. The first-order valence-corrected chi connectivity index (χ1v) is 6.21. The zero-order chi connectivity index (χ0) is 13.1. The second-order valence-electron chi connectivity index (χ2n) is 3.41. The van der Waals surface area contributed by atoms with E-state index < -0.39 is 0 Å². The Balaban J connectivity index is 2.30. The Labute approximate surface area is 120 Å². The fourth-order valence-electron chi connectivity index (χ4n) is 1.31. The van der Waals surface area contributed by atoms with E-state index in [-0.39, 0.29) is 0 Å². The molecule has 1 N–H and O–H groups in total. The molecule has 0 fully saturated rings. The van der Waals surface area contributed by atoms with Crippen LogP contribution in [0.4, 0.5) is 5.82 Å². The molecular weight excluding hydrogens is 295 g/mol. The van der Waals surface area contributed by atoms with Gasteiger partial charge in [-0.2, -0.15) is 4.98 Å². The van der Waals surface area contributed by atoms with Crippen LogP contribution in [0, 0.1) is 0 Å². The number of halogens is 3. The summed E-state index contributed by atoms with van der Waals surface area (Å²) in [5.74, 6) is 1.53. The third-order valence-corrected chi connectivity index (χ3v) is 3.19. The molecule has 3 nitrogen and oxygen atoms in total. The first-order chi connectivity index (χ1) is 8.60. The van der Waals surface area contributed by atoms with Crippen molar-refractivity contribution < 1.29 is 4.74 Å². The normalized spacial score (nSPS) is 10.2. The van der Waals surface area contributed by atoms with Crippen molar-refractivity contribution in [3.05, 3.63) is 45.4 Å². The van der Waals surface area contributed by atoms with Gasteiger partial charge < -0.3 is 10.1 Å². The summed E-state index contributed by atoms with van der Waals surface area (Å²) in [4.78, 5) is 4.21. The number of pyridine rings is 1. The van der Waals surface area contributed by atoms with Crippen LogP contribution in [0.1, 0.15) is 0 Å². The maximum absolute atomic E-state index is 6.01. The first kappa shape index (κ1) is 13.3. The molecule has 1 aromatic heterocycles. The SMILES string of the molecule is CNc1cccc(Oc2cc(Cl)c(Cl)cc2Cl)n1. The predicted molar refractivity (Wildman–Crippen MR) is 75.3 cm³/mol. The van der Waals surface area contributed by atoms with Crippen LogP contribution in [0.15, 0.2) is 30.3 Å². The van der Waals surface area contributed by atoms with E-state index in [2.05, 4.69) is 10.3 Å². The number of benzene rings is 1. The van der Waals surface area contributed by atoms with Crippen LogP contribution in [-0.2, 0) is 0 Å². The van der Waals surface area contributed by atoms with Crippen molar-refractivity contribution in [1.82, 2.24) is 4.98 Å². The lowest BCUT2D eigenvalue weighted by molar-refractivity contribution is 0.464. The third kappa shape index (κ3) is 2.99. The van der Waals surface area contributed by atoms with Crippen molar-refractivity contribution in [3.8, 4) is 11.6 Å². The number of aromatic nitrogens is 1. The van der Waals surface area contributed by atoms with Crippen molar-refractivity contribution in [2.45, 2.75) is 0 Å². The van der Waals surface area contributed by atoms with E-state index in [4.69, 9.17) is 39.5 Å². The molecule has 1 heterocycles. The average Bonchev–Trinajstić information content (AvgIpc) is 2.36. The second kappa shape index (κ2) is 5.65. The van der Waals surface area contributed by atoms with Crippen molar-refractivity contribution in [2.75, 3.05) is 12.4 Å². The lowest BCUT2D eigenvalue weighted by atomic mass is 10.3. The van der Waals surface area contributed by atoms with Crippen LogP contribution in [0.25, 0.3) is 0 Å². The highest BCUT2D eigenvalue weighted by Crippen LogP contribution is 2.35. The van der Waals surface area contributed by atoms with Gasteiger partial charge in [-0.1, -0.05) is 40.9 Å². The molecule has 6 heteroatoms. The summed E-state index contributed by atoms with van der Waals surface area (Å²) in [6.45, 7) is 0. The summed E-state index contributed by atoms with van der Waals surface area (Å²) in [7, 11) is 1.78. The smallest absolute Gasteiger partial charge is 0.221 e. The minimum atomic E-state index is 0.376. The van der Waals surface area contributed by atoms with Gasteiger partial charge in [0, 0.05) is 19.2 Å². The standard InChI is InChI=1S/C12H9Cl3N2O/c1-16-11-3-2-4-12(17-11)18-10-6-8(14)7(13)5-9(10)15/h2-6H,1H3,(H,16,17). The molecule has 0 spiro atoms. The van der Waals surface area contributed by atoms with Crippen LogP contribution in [0.5, 0.6) is 11.6 Å². The Morgan fingerprint density at radius 2 is 1.78 bits per heavy atom. The number of hydrogen-bond donors (Lipinski definition) is 1. The van der Waals surface area contributed by atoms with Gasteiger partial charge in [0.1, 0.15) is 11.6 Å². The van der Waals surface area contributed by atoms with Gasteiger partial charge in [-0.05, 0) is 12.1 Å². The van der Waals surface area contributed by atoms with Gasteiger partial charge in [0.05, 0.1) is 15.1 Å². The van der Waals surface area contributed by atoms with E-state index in [0.29, 0.717) is 32.5 Å². The van der Waals surface area contributed by atoms with Crippen LogP contribution in [0.2, 0.25) is 15.1 Å². The van der Waals surface area contributed by atoms with Crippen molar-refractivity contribution >= 4 is 40.6 Å². The van der Waals surface area contributed by atoms with Crippen LogP contribution < -0.4 is 10.1 Å². The minimum Gasteiger partial charge on any atom is -0.437 e. The maximum atomic E-state index is 6.01. The highest BCUT2D eigenvalue weighted by atomic mass is 35.5. The van der Waals surface area contributed by atoms with Crippen LogP contribution in [0.3, 0.4) is 0 Å². The molecule has 1 aromatic carbocycles. The van der Waals surface area contributed by atoms with Gasteiger partial charge in [-0.25, -0.2) is 0 Å². The lowest BCUT2D eigenvalue weighted by Crippen LogP contribution is -1.94. The summed E-state index contributed by atoms with van der Waals surface area (Å²) in [5, 5.41) is 4.05. The van der Waals surface area contributed by atoms with Crippen LogP contribution in [-0.4, -0.2) is 12.0 Å². The van der Waals surface area contributed by atoms with Gasteiger partial charge >= 0.3 is 0 Å². The molecule has 0 atom stereocenters. The van der Waals surface area contributed by atoms with E-state index in [0.717, 1.165) is 0 Å². The summed E-state index contributed by atoms with van der Waals surface area (Å²) < 4.78 is 5.56. The summed E-state index contributed by atoms with van der Waals surface area (Å²) in [5.41, 5.74) is 0. The maximum Gasteiger partial charge on any atom is 0.221 e. The average molecular weight is 304 g/mol. The lowest BCUT2D eigenvalue weighted by Gasteiger charge is -2.09. The number of hydrogen-bond acceptors (Lipinski definition) is 3. The molecule has 0 bridgehead atoms. The fourth-order valence-corrected chi connectivity index (χ4v) is 1.88. The zero-order valence-electron chi connectivity index (χ0n) is 9.38. The van der Waals surface area contributed by atoms with E-state index in [1.54, 1.807) is 19.2 Å². The fraction of sp³-hybridized carbons (Fsp3) is 0.0833. The van der Waals surface area contributed by atoms with E-state index in [1.807, 2.05) is 12.1 Å². The third-order valence-electron chi connectivity index (χ3n) is 2.17. The molecule has 2 aromatic rings. The first-order valence-electron chi connectivity index (χ1n) is 5.07. The highest BCUT2D eigenvalue weighted by molar-refractivity contribution is 6.43. The Kier molecular flexibility index (Phi) is 4.17. The van der Waals surface area contributed by atoms with Gasteiger partial charge in [0.25, 0.3) is 0 Å². The monoisotopic (exact) mass is 302 g/mol. The Morgan fingerprint density at radius 1 is 1.06 bits per heavy atom. The number of ether oxygens (including phenoxy) is 1. The van der Waals surface area contributed by atoms with Gasteiger partial charge in [-0.3, -0.25) is 0 Å². The quantitative estimate of drug-likeness (QED) is 0.821. The summed E-state index contributed by atoms with van der Waals surface area (Å²) >= 11 is 17.8. The Bertz CT molecular complexity index is 575. The van der Waals surface area contributed by atoms with Crippen molar-refractivity contribution in [1.29, 1.82) is 0 Å². The van der Waals surface area contributed by atoms with Crippen molar-refractivity contribution in [2.24, 2.45) is 0 Å². The van der Waals surface area contributed by atoms with Gasteiger partial charge in [-0.15, -0.1) is 0 Å². The summed E-state index contributed by atoms with van der Waals surface area (Å²) in [6, 6.07) is 8.45. The molecule has 0 aliphatic carbocycles. The van der Waals surface area contributed by atoms with Gasteiger partial charge in [0.2, 0.25) is 5.88 Å². The number of rotatable bonds is 3. The van der Waals surface area contributed by atoms with E-state index >= 15 is 0 Å². The highest BCUT2D eigenvalue weighted by Gasteiger charge is 2.09. The molecule has 2 rings (SSSR count). The summed E-state index contributed by atoms with van der Waals surface area (Å²) in [6.07, 6.45) is 0. The van der Waals surface area contributed by atoms with Crippen LogP contribution >= 0.6 is 34.8 Å². The molecule has 0 amide bonds. The number of anilines is 1. The molecule has 0 aliphatic heterocycles. The number of nitrogens with zero attached hydrogens (tertiary/aromatic N) is 1. The molecule has 18 heavy (non-hydrogen) atoms. The Hall–Kier alpha value is -1.16. The minimum absolute atomic E-state index is 0.376. The van der Waals surface area contributed by atoms with Gasteiger partial charge in [0.15, 0.2) is 0 Å². The second-order valence-corrected chi connectivity index (χ2v) is 4.63. The molecule has 94 valence electrons. The number of nitrogens with one attached hydrogen (secondary N) is 1. The molecule has 0 aliphatic rings. The molecular formula is C12H9Cl3N2O. The van der Waals surface area contributed by atoms with Crippen molar-refractivity contribution in [3.63, 3.8) is 0 Å². The van der Waals surface area contributed by atoms with E-state index in [9.17, 15) is 0 Å². The molecule has 0 saturated heterocycles. The molecule has 0 radical (unpaired) electrons. The molecule has 0 saturated carbocycles. The topological polar surface area (TPSA) is 34.1 Å². The zero-order valence-corrected chi connectivity index (χ0v) is 11.6. The Morgan fingerprint density at radius 3 is 2.50 bits per heavy atom.